The molecule has 1 N–H and O–H groups in total. The predicted octanol–water partition coefficient (Wildman–Crippen LogP) is 3.13. The van der Waals surface area contributed by atoms with Gasteiger partial charge in [-0.2, -0.15) is 0 Å². The highest BCUT2D eigenvalue weighted by Gasteiger charge is 2.11. The van der Waals surface area contributed by atoms with Gasteiger partial charge in [-0.1, -0.05) is 19.4 Å². The molecule has 0 saturated heterocycles. The lowest BCUT2D eigenvalue weighted by molar-refractivity contribution is 0.237. The first-order chi connectivity index (χ1) is 8.19. The first-order valence-electron chi connectivity index (χ1n) is 6.57. The Morgan fingerprint density at radius 2 is 2.18 bits per heavy atom. The van der Waals surface area contributed by atoms with Gasteiger partial charge in [0, 0.05) is 30.9 Å². The summed E-state index contributed by atoms with van der Waals surface area (Å²) in [7, 11) is 2.18. The SMILES string of the molecule is CCCC(C)N(C)Cc1cccnc1NCC. The van der Waals surface area contributed by atoms with E-state index in [-0.39, 0.29) is 0 Å². The van der Waals surface area contributed by atoms with Crippen molar-refractivity contribution in [3.05, 3.63) is 23.9 Å². The number of pyridine rings is 1. The quantitative estimate of drug-likeness (QED) is 0.787. The summed E-state index contributed by atoms with van der Waals surface area (Å²) in [6.07, 6.45) is 4.32. The van der Waals surface area contributed by atoms with E-state index in [4.69, 9.17) is 0 Å². The molecule has 3 nitrogen and oxygen atoms in total. The van der Waals surface area contributed by atoms with Crippen molar-refractivity contribution in [1.82, 2.24) is 9.88 Å². The van der Waals surface area contributed by atoms with Crippen LogP contribution in [0.5, 0.6) is 0 Å². The van der Waals surface area contributed by atoms with Crippen LogP contribution in [0.1, 0.15) is 39.2 Å². The third-order valence-electron chi connectivity index (χ3n) is 3.11. The number of hydrogen-bond acceptors (Lipinski definition) is 3. The van der Waals surface area contributed by atoms with E-state index in [0.717, 1.165) is 18.9 Å². The van der Waals surface area contributed by atoms with E-state index >= 15 is 0 Å². The lowest BCUT2D eigenvalue weighted by Crippen LogP contribution is -2.28. The smallest absolute Gasteiger partial charge is 0.130 e. The van der Waals surface area contributed by atoms with E-state index in [1.807, 2.05) is 12.3 Å². The summed E-state index contributed by atoms with van der Waals surface area (Å²) in [4.78, 5) is 6.78. The molecule has 1 rings (SSSR count). The van der Waals surface area contributed by atoms with Gasteiger partial charge in [-0.3, -0.25) is 4.90 Å². The minimum Gasteiger partial charge on any atom is -0.370 e. The van der Waals surface area contributed by atoms with Crippen LogP contribution in [-0.4, -0.2) is 29.5 Å². The first kappa shape index (κ1) is 14.0. The summed E-state index contributed by atoms with van der Waals surface area (Å²) >= 11 is 0. The van der Waals surface area contributed by atoms with Crippen LogP contribution in [0, 0.1) is 0 Å². The Morgan fingerprint density at radius 3 is 2.82 bits per heavy atom. The zero-order chi connectivity index (χ0) is 12.7. The first-order valence-corrected chi connectivity index (χ1v) is 6.57. The highest BCUT2D eigenvalue weighted by molar-refractivity contribution is 5.43. The van der Waals surface area contributed by atoms with Crippen molar-refractivity contribution in [2.45, 2.75) is 46.2 Å². The molecule has 96 valence electrons. The summed E-state index contributed by atoms with van der Waals surface area (Å²) in [6.45, 7) is 8.49. The molecule has 1 aromatic rings. The topological polar surface area (TPSA) is 28.2 Å². The Kier molecular flexibility index (Phi) is 5.98. The Bertz CT molecular complexity index is 325. The molecule has 17 heavy (non-hydrogen) atoms. The Labute approximate surface area is 105 Å². The molecule has 0 saturated carbocycles. The van der Waals surface area contributed by atoms with Gasteiger partial charge in [-0.05, 0) is 33.4 Å². The number of hydrogen-bond donors (Lipinski definition) is 1. The minimum atomic E-state index is 0.620. The van der Waals surface area contributed by atoms with Crippen molar-refractivity contribution in [2.24, 2.45) is 0 Å². The molecular formula is C14H25N3. The number of aromatic nitrogens is 1. The molecule has 1 heterocycles. The van der Waals surface area contributed by atoms with Crippen LogP contribution in [0.15, 0.2) is 18.3 Å². The van der Waals surface area contributed by atoms with Gasteiger partial charge in [0.25, 0.3) is 0 Å². The summed E-state index contributed by atoms with van der Waals surface area (Å²) in [5.74, 6) is 1.02. The lowest BCUT2D eigenvalue weighted by Gasteiger charge is -2.25. The van der Waals surface area contributed by atoms with Crippen molar-refractivity contribution in [2.75, 3.05) is 18.9 Å². The second-order valence-electron chi connectivity index (χ2n) is 4.59. The van der Waals surface area contributed by atoms with Crippen molar-refractivity contribution in [1.29, 1.82) is 0 Å². The molecule has 0 bridgehead atoms. The summed E-state index contributed by atoms with van der Waals surface area (Å²) in [6, 6.07) is 4.78. The van der Waals surface area contributed by atoms with Gasteiger partial charge in [0.05, 0.1) is 0 Å². The molecule has 0 aliphatic heterocycles. The van der Waals surface area contributed by atoms with Crippen LogP contribution in [0.25, 0.3) is 0 Å². The third-order valence-corrected chi connectivity index (χ3v) is 3.11. The van der Waals surface area contributed by atoms with Gasteiger partial charge >= 0.3 is 0 Å². The molecule has 0 amide bonds. The Morgan fingerprint density at radius 1 is 1.41 bits per heavy atom. The number of anilines is 1. The molecule has 1 unspecified atom stereocenters. The van der Waals surface area contributed by atoms with Gasteiger partial charge in [0.1, 0.15) is 5.82 Å². The molecule has 0 aliphatic rings. The van der Waals surface area contributed by atoms with Crippen LogP contribution in [-0.2, 0) is 6.54 Å². The van der Waals surface area contributed by atoms with Crippen LogP contribution in [0.3, 0.4) is 0 Å². The van der Waals surface area contributed by atoms with Gasteiger partial charge in [0.2, 0.25) is 0 Å². The van der Waals surface area contributed by atoms with E-state index in [1.54, 1.807) is 0 Å². The maximum absolute atomic E-state index is 4.39. The fourth-order valence-corrected chi connectivity index (χ4v) is 1.96. The fourth-order valence-electron chi connectivity index (χ4n) is 1.96. The lowest BCUT2D eigenvalue weighted by atomic mass is 10.1. The molecule has 0 spiro atoms. The van der Waals surface area contributed by atoms with E-state index in [0.29, 0.717) is 6.04 Å². The Balaban J connectivity index is 2.66. The third kappa shape index (κ3) is 4.35. The zero-order valence-corrected chi connectivity index (χ0v) is 11.5. The second kappa shape index (κ2) is 7.28. The van der Waals surface area contributed by atoms with Gasteiger partial charge in [0.15, 0.2) is 0 Å². The van der Waals surface area contributed by atoms with E-state index in [9.17, 15) is 0 Å². The Hall–Kier alpha value is -1.09. The van der Waals surface area contributed by atoms with Crippen molar-refractivity contribution < 1.29 is 0 Å². The summed E-state index contributed by atoms with van der Waals surface area (Å²) in [5, 5.41) is 3.31. The van der Waals surface area contributed by atoms with Crippen LogP contribution in [0.2, 0.25) is 0 Å². The fraction of sp³-hybridized carbons (Fsp3) is 0.643. The van der Waals surface area contributed by atoms with Gasteiger partial charge < -0.3 is 5.32 Å². The van der Waals surface area contributed by atoms with E-state index in [2.05, 4.69) is 49.1 Å². The highest BCUT2D eigenvalue weighted by atomic mass is 15.1. The highest BCUT2D eigenvalue weighted by Crippen LogP contribution is 2.15. The van der Waals surface area contributed by atoms with Crippen molar-refractivity contribution >= 4 is 5.82 Å². The van der Waals surface area contributed by atoms with Gasteiger partial charge in [-0.25, -0.2) is 4.98 Å². The molecular weight excluding hydrogens is 210 g/mol. The molecule has 0 radical (unpaired) electrons. The molecule has 0 aromatic carbocycles. The van der Waals surface area contributed by atoms with Crippen molar-refractivity contribution in [3.8, 4) is 0 Å². The van der Waals surface area contributed by atoms with Crippen LogP contribution >= 0.6 is 0 Å². The second-order valence-corrected chi connectivity index (χ2v) is 4.59. The molecule has 0 fully saturated rings. The monoisotopic (exact) mass is 235 g/mol. The molecule has 1 atom stereocenters. The molecule has 3 heteroatoms. The van der Waals surface area contributed by atoms with Crippen LogP contribution in [0.4, 0.5) is 5.82 Å². The summed E-state index contributed by atoms with van der Waals surface area (Å²) < 4.78 is 0. The zero-order valence-electron chi connectivity index (χ0n) is 11.5. The average molecular weight is 235 g/mol. The number of nitrogens with one attached hydrogen (secondary N) is 1. The summed E-state index contributed by atoms with van der Waals surface area (Å²) in [5.41, 5.74) is 1.28. The van der Waals surface area contributed by atoms with Crippen molar-refractivity contribution in [3.63, 3.8) is 0 Å². The standard InChI is InChI=1S/C14H25N3/c1-5-8-12(3)17(4)11-13-9-7-10-16-14(13)15-6-2/h7,9-10,12H,5-6,8,11H2,1-4H3,(H,15,16). The normalized spacial score (nSPS) is 12.8. The maximum atomic E-state index is 4.39. The predicted molar refractivity (Wildman–Crippen MR) is 74.2 cm³/mol. The maximum Gasteiger partial charge on any atom is 0.130 e. The number of nitrogens with zero attached hydrogens (tertiary/aromatic N) is 2. The average Bonchev–Trinajstić information content (AvgIpc) is 2.32. The molecule has 1 aromatic heterocycles. The number of rotatable bonds is 7. The largest absolute Gasteiger partial charge is 0.370 e. The van der Waals surface area contributed by atoms with E-state index < -0.39 is 0 Å². The minimum absolute atomic E-state index is 0.620. The van der Waals surface area contributed by atoms with Gasteiger partial charge in [-0.15, -0.1) is 0 Å². The van der Waals surface area contributed by atoms with E-state index in [1.165, 1.54) is 18.4 Å². The van der Waals surface area contributed by atoms with Crippen LogP contribution < -0.4 is 5.32 Å². The molecule has 0 aliphatic carbocycles.